The van der Waals surface area contributed by atoms with E-state index >= 15 is 0 Å². The summed E-state index contributed by atoms with van der Waals surface area (Å²) in [4.78, 5) is 2.38. The lowest BCUT2D eigenvalue weighted by Gasteiger charge is -2.56. The average Bonchev–Trinajstić information content (AvgIpc) is 3.54. The number of ether oxygens (including phenoxy) is 2. The number of phenols is 1. The number of phenolic OH excluding ortho intramolecular Hbond substituents is 1. The number of hydrogen-bond donors (Lipinski definition) is 1. The van der Waals surface area contributed by atoms with Gasteiger partial charge < -0.3 is 19.5 Å². The van der Waals surface area contributed by atoms with Crippen molar-refractivity contribution in [3.05, 3.63) is 70.3 Å². The fourth-order valence-electron chi connectivity index (χ4n) is 8.72. The van der Waals surface area contributed by atoms with Crippen LogP contribution < -0.4 is 4.74 Å². The third kappa shape index (κ3) is 4.10. The summed E-state index contributed by atoms with van der Waals surface area (Å²) in [5.74, 6) is 3.09. The first kappa shape index (κ1) is 26.2. The normalized spacial score (nSPS) is 33.4. The molecule has 1 N–H and O–H groups in total. The van der Waals surface area contributed by atoms with Crippen molar-refractivity contribution >= 4 is 11.6 Å². The third-order valence-corrected chi connectivity index (χ3v) is 11.1. The Morgan fingerprint density at radius 3 is 2.61 bits per heavy atom. The summed E-state index contributed by atoms with van der Waals surface area (Å²) in [6.07, 6.45) is 10.1. The summed E-state index contributed by atoms with van der Waals surface area (Å²) in [5.41, 5.74) is 3.84. The van der Waals surface area contributed by atoms with E-state index in [-0.39, 0.29) is 16.8 Å². The van der Waals surface area contributed by atoms with Gasteiger partial charge in [-0.3, -0.25) is 0 Å². The second kappa shape index (κ2) is 10.2. The van der Waals surface area contributed by atoms with E-state index in [1.165, 1.54) is 17.5 Å². The number of likely N-dealkylation sites (N-methyl/N-ethyl adjacent to an activating group) is 1. The molecular formula is C33H42ClNO3. The Labute approximate surface area is 233 Å². The van der Waals surface area contributed by atoms with Crippen LogP contribution in [0.25, 0.3) is 0 Å². The quantitative estimate of drug-likeness (QED) is 0.376. The number of rotatable bonds is 7. The number of fused-ring (bicyclic) bond motifs is 6. The lowest BCUT2D eigenvalue weighted by atomic mass is 9.49. The van der Waals surface area contributed by atoms with E-state index in [2.05, 4.69) is 68.2 Å². The van der Waals surface area contributed by atoms with E-state index in [1.54, 1.807) is 6.07 Å². The predicted molar refractivity (Wildman–Crippen MR) is 153 cm³/mol. The monoisotopic (exact) mass is 535 g/mol. The van der Waals surface area contributed by atoms with Gasteiger partial charge in [-0.05, 0) is 104 Å². The van der Waals surface area contributed by atoms with Gasteiger partial charge in [0.1, 0.15) is 18.1 Å². The third-order valence-electron chi connectivity index (χ3n) is 10.7. The van der Waals surface area contributed by atoms with Gasteiger partial charge in [0.15, 0.2) is 0 Å². The second-order valence-electron chi connectivity index (χ2n) is 12.1. The van der Waals surface area contributed by atoms with Crippen LogP contribution in [0.2, 0.25) is 5.02 Å². The molecule has 1 aliphatic heterocycles. The van der Waals surface area contributed by atoms with Gasteiger partial charge in [0.05, 0.1) is 17.2 Å². The maximum absolute atomic E-state index is 10.4. The highest BCUT2D eigenvalue weighted by molar-refractivity contribution is 6.32. The molecule has 2 aromatic carbocycles. The number of benzene rings is 2. The molecule has 6 atom stereocenters. The largest absolute Gasteiger partial charge is 0.506 e. The van der Waals surface area contributed by atoms with Crippen LogP contribution in [-0.4, -0.2) is 48.5 Å². The number of halogens is 1. The van der Waals surface area contributed by atoms with Crippen LogP contribution in [0.4, 0.5) is 0 Å². The van der Waals surface area contributed by atoms with Gasteiger partial charge in [-0.2, -0.15) is 0 Å². The van der Waals surface area contributed by atoms with Gasteiger partial charge in [-0.15, -0.1) is 0 Å². The molecule has 4 nitrogen and oxygen atoms in total. The summed E-state index contributed by atoms with van der Waals surface area (Å²) in [7, 11) is 0. The van der Waals surface area contributed by atoms with Crippen molar-refractivity contribution in [1.82, 2.24) is 4.90 Å². The molecular weight excluding hydrogens is 494 g/mol. The molecule has 0 aromatic heterocycles. The van der Waals surface area contributed by atoms with Gasteiger partial charge in [0.25, 0.3) is 0 Å². The molecule has 0 radical (unpaired) electrons. The van der Waals surface area contributed by atoms with Crippen molar-refractivity contribution in [2.75, 3.05) is 32.8 Å². The van der Waals surface area contributed by atoms with Crippen molar-refractivity contribution in [3.63, 3.8) is 0 Å². The maximum atomic E-state index is 10.4. The molecule has 5 heteroatoms. The zero-order valence-corrected chi connectivity index (χ0v) is 23.8. The molecule has 0 saturated heterocycles. The summed E-state index contributed by atoms with van der Waals surface area (Å²) in [6.45, 7) is 11.4. The van der Waals surface area contributed by atoms with Crippen LogP contribution in [0.15, 0.2) is 48.6 Å². The average molecular weight is 536 g/mol. The Hall–Kier alpha value is -2.01. The molecule has 0 bridgehead atoms. The van der Waals surface area contributed by atoms with Crippen LogP contribution in [-0.2, 0) is 11.2 Å². The highest BCUT2D eigenvalue weighted by Crippen LogP contribution is 2.69. The van der Waals surface area contributed by atoms with Gasteiger partial charge in [0, 0.05) is 12.0 Å². The second-order valence-corrected chi connectivity index (χ2v) is 12.5. The lowest BCUT2D eigenvalue weighted by molar-refractivity contribution is -0.101. The Kier molecular flexibility index (Phi) is 7.03. The smallest absolute Gasteiger partial charge is 0.134 e. The van der Waals surface area contributed by atoms with E-state index in [1.807, 2.05) is 0 Å². The lowest BCUT2D eigenvalue weighted by Crippen LogP contribution is -2.52. The Morgan fingerprint density at radius 2 is 1.89 bits per heavy atom. The maximum Gasteiger partial charge on any atom is 0.134 e. The molecule has 2 saturated carbocycles. The molecule has 2 aromatic rings. The van der Waals surface area contributed by atoms with Gasteiger partial charge >= 0.3 is 0 Å². The first-order valence-electron chi connectivity index (χ1n) is 14.7. The first-order chi connectivity index (χ1) is 18.4. The summed E-state index contributed by atoms with van der Waals surface area (Å²) in [5, 5.41) is 10.9. The minimum atomic E-state index is -0.138. The molecule has 1 spiro atoms. The highest BCUT2D eigenvalue weighted by atomic mass is 35.5. The zero-order chi connectivity index (χ0) is 26.5. The van der Waals surface area contributed by atoms with Crippen molar-refractivity contribution in [2.45, 2.75) is 70.3 Å². The molecule has 3 aliphatic carbocycles. The van der Waals surface area contributed by atoms with Gasteiger partial charge in [-0.1, -0.05) is 62.7 Å². The summed E-state index contributed by atoms with van der Waals surface area (Å²) in [6, 6.07) is 12.9. The predicted octanol–water partition coefficient (Wildman–Crippen LogP) is 7.34. The fraction of sp³-hybridized carbons (Fsp3) is 0.576. The molecule has 1 heterocycles. The Balaban J connectivity index is 1.34. The highest BCUT2D eigenvalue weighted by Gasteiger charge is 2.64. The first-order valence-corrected chi connectivity index (χ1v) is 15.1. The summed E-state index contributed by atoms with van der Waals surface area (Å²) >= 11 is 6.69. The fourth-order valence-corrected chi connectivity index (χ4v) is 8.99. The zero-order valence-electron chi connectivity index (χ0n) is 23.1. The molecule has 1 unspecified atom stereocenters. The molecule has 38 heavy (non-hydrogen) atoms. The minimum Gasteiger partial charge on any atom is -0.506 e. The van der Waals surface area contributed by atoms with Crippen molar-refractivity contribution < 1.29 is 14.6 Å². The molecule has 2 fully saturated rings. The molecule has 4 aliphatic rings. The van der Waals surface area contributed by atoms with Crippen LogP contribution >= 0.6 is 11.6 Å². The topological polar surface area (TPSA) is 41.9 Å². The van der Waals surface area contributed by atoms with Crippen molar-refractivity contribution in [1.29, 1.82) is 0 Å². The Morgan fingerprint density at radius 1 is 1.11 bits per heavy atom. The molecule has 0 amide bonds. The van der Waals surface area contributed by atoms with Crippen LogP contribution in [0.5, 0.6) is 11.5 Å². The van der Waals surface area contributed by atoms with Crippen LogP contribution in [0.3, 0.4) is 0 Å². The number of aromatic hydroxyl groups is 1. The SMILES string of the molecule is CCN(CC)CCOc1ccc([C@H]2C[C@@]3(C)[C@@H](CCC34C=CCO4)[C@@H]3CCc4c(ccc(O)c4Cl)[C@H]32)cc1. The standard InChI is InChI=1S/C33H42ClNO3/c1-4-35(5-2)18-20-37-23-9-7-22(8-10-23)27-21-32(3)28(15-17-33(32)16-6-19-38-33)26-12-11-25-24(30(26)27)13-14-29(36)31(25)34/h6-10,13-14,16,26-28,30,36H,4-5,11-12,15,17-21H2,1-3H3/t26-,27+,28-,30+,32-,33?/m0/s1. The van der Waals surface area contributed by atoms with Crippen LogP contribution in [0.1, 0.15) is 75.0 Å². The molecule has 6 rings (SSSR count). The van der Waals surface area contributed by atoms with Gasteiger partial charge in [-0.25, -0.2) is 0 Å². The Bertz CT molecular complexity index is 1190. The van der Waals surface area contributed by atoms with E-state index in [0.29, 0.717) is 35.3 Å². The van der Waals surface area contributed by atoms with E-state index < -0.39 is 0 Å². The van der Waals surface area contributed by atoms with Crippen LogP contribution in [0, 0.1) is 17.3 Å². The van der Waals surface area contributed by atoms with Crippen molar-refractivity contribution in [2.24, 2.45) is 17.3 Å². The number of nitrogens with zero attached hydrogens (tertiary/aromatic N) is 1. The minimum absolute atomic E-state index is 0.100. The van der Waals surface area contributed by atoms with E-state index in [4.69, 9.17) is 21.1 Å². The van der Waals surface area contributed by atoms with E-state index in [0.717, 1.165) is 63.2 Å². The summed E-state index contributed by atoms with van der Waals surface area (Å²) < 4.78 is 12.7. The van der Waals surface area contributed by atoms with E-state index in [9.17, 15) is 5.11 Å². The van der Waals surface area contributed by atoms with Crippen molar-refractivity contribution in [3.8, 4) is 11.5 Å². The molecule has 204 valence electrons. The van der Waals surface area contributed by atoms with Gasteiger partial charge in [0.2, 0.25) is 0 Å². The number of hydrogen-bond acceptors (Lipinski definition) is 4.